The van der Waals surface area contributed by atoms with Gasteiger partial charge in [0.05, 0.1) is 5.69 Å². The van der Waals surface area contributed by atoms with E-state index in [2.05, 4.69) is 35.5 Å². The van der Waals surface area contributed by atoms with Crippen LogP contribution >= 0.6 is 11.3 Å². The molecule has 0 aliphatic heterocycles. The van der Waals surface area contributed by atoms with Crippen molar-refractivity contribution in [1.82, 2.24) is 10.3 Å². The van der Waals surface area contributed by atoms with E-state index < -0.39 is 5.91 Å². The lowest BCUT2D eigenvalue weighted by atomic mass is 9.94. The molecule has 10 heteroatoms. The molecule has 1 amide bonds. The zero-order valence-corrected chi connectivity index (χ0v) is 18.9. The second-order valence-electron chi connectivity index (χ2n) is 8.39. The Balaban J connectivity index is 1.59. The fourth-order valence-corrected chi connectivity index (χ4v) is 4.78. The van der Waals surface area contributed by atoms with Gasteiger partial charge in [0.25, 0.3) is 12.1 Å². The van der Waals surface area contributed by atoms with Gasteiger partial charge in [-0.2, -0.15) is 5.26 Å². The van der Waals surface area contributed by atoms with Gasteiger partial charge in [-0.05, 0) is 21.7 Å². The number of carbonyl (C=O) groups excluding carboxylic acids is 1. The summed E-state index contributed by atoms with van der Waals surface area (Å²) in [7, 11) is 0. The van der Waals surface area contributed by atoms with Gasteiger partial charge in [0.1, 0.15) is 27.2 Å². The first-order valence-electron chi connectivity index (χ1n) is 10.6. The van der Waals surface area contributed by atoms with Gasteiger partial charge in [0.15, 0.2) is 6.04 Å². The van der Waals surface area contributed by atoms with Crippen LogP contribution in [0.3, 0.4) is 0 Å². The molecule has 3 heterocycles. The number of amides is 1. The molecule has 0 saturated heterocycles. The summed E-state index contributed by atoms with van der Waals surface area (Å²) in [6, 6.07) is 10.4. The number of thiophene rings is 1. The molecule has 166 valence electrons. The van der Waals surface area contributed by atoms with Crippen molar-refractivity contribution in [2.24, 2.45) is 0 Å². The summed E-state index contributed by atoms with van der Waals surface area (Å²) in [5.41, 5.74) is 15.6. The van der Waals surface area contributed by atoms with Crippen LogP contribution in [0, 0.1) is 11.3 Å². The molecule has 1 aliphatic carbocycles. The van der Waals surface area contributed by atoms with Crippen molar-refractivity contribution in [2.75, 3.05) is 16.8 Å². The first-order chi connectivity index (χ1) is 15.9. The summed E-state index contributed by atoms with van der Waals surface area (Å²) < 4.78 is 6.92. The van der Waals surface area contributed by atoms with E-state index in [1.807, 2.05) is 24.3 Å². The Morgan fingerprint density at radius 2 is 2.03 bits per heavy atom. The van der Waals surface area contributed by atoms with Crippen molar-refractivity contribution >= 4 is 44.9 Å². The molecule has 5 N–H and O–H groups in total. The van der Waals surface area contributed by atoms with Crippen LogP contribution in [-0.2, 0) is 0 Å². The highest BCUT2D eigenvalue weighted by Gasteiger charge is 2.36. The van der Waals surface area contributed by atoms with E-state index in [0.29, 0.717) is 27.7 Å². The minimum absolute atomic E-state index is 0.0989. The zero-order chi connectivity index (χ0) is 23.3. The van der Waals surface area contributed by atoms with Gasteiger partial charge >= 0.3 is 5.88 Å². The first-order valence-corrected chi connectivity index (χ1v) is 11.4. The van der Waals surface area contributed by atoms with E-state index in [4.69, 9.17) is 16.0 Å². The molecule has 0 unspecified atom stereocenters. The Bertz CT molecular complexity index is 1430. The van der Waals surface area contributed by atoms with Crippen molar-refractivity contribution in [3.05, 3.63) is 46.5 Å². The Labute approximate surface area is 193 Å². The van der Waals surface area contributed by atoms with Crippen molar-refractivity contribution in [1.29, 1.82) is 5.26 Å². The van der Waals surface area contributed by atoms with Crippen LogP contribution in [0.2, 0.25) is 0 Å². The predicted octanol–water partition coefficient (Wildman–Crippen LogP) is 3.99. The van der Waals surface area contributed by atoms with E-state index in [9.17, 15) is 10.1 Å². The normalized spacial score (nSPS) is 13.4. The van der Waals surface area contributed by atoms with Gasteiger partial charge in [-0.1, -0.05) is 38.1 Å². The fraction of sp³-hybridized carbons (Fsp3) is 0.261. The Kier molecular flexibility index (Phi) is 4.98. The quantitative estimate of drug-likeness (QED) is 0.381. The van der Waals surface area contributed by atoms with Crippen LogP contribution in [0.25, 0.3) is 21.3 Å². The second-order valence-corrected chi connectivity index (χ2v) is 9.39. The maximum atomic E-state index is 13.0. The topological polar surface area (TPSA) is 148 Å². The standard InChI is InChI=1S/C23H21N7O2S/c1-11(2)12-3-5-13(6-4-12)17-15(9-24)21(26)28-23-18(17)19(25)20(33-23)22(31)27-16-10-30(29-32-16)14-7-8-14/h3-6,10-11,14H,7-8H2,1-2H3,(H4-,25,26,27,28,29,31)/p+1. The van der Waals surface area contributed by atoms with Crippen molar-refractivity contribution < 1.29 is 14.0 Å². The molecular weight excluding hydrogens is 438 g/mol. The van der Waals surface area contributed by atoms with Gasteiger partial charge < -0.3 is 11.5 Å². The lowest BCUT2D eigenvalue weighted by molar-refractivity contribution is -0.765. The van der Waals surface area contributed by atoms with Crippen LogP contribution in [0.1, 0.15) is 59.4 Å². The smallest absolute Gasteiger partial charge is 0.302 e. The maximum Gasteiger partial charge on any atom is 0.302 e. The number of hydrogen-bond acceptors (Lipinski definition) is 8. The summed E-state index contributed by atoms with van der Waals surface area (Å²) in [6.07, 6.45) is 3.75. The number of hydrogen-bond donors (Lipinski definition) is 3. The van der Waals surface area contributed by atoms with E-state index >= 15 is 0 Å². The van der Waals surface area contributed by atoms with E-state index in [1.165, 1.54) is 5.56 Å². The summed E-state index contributed by atoms with van der Waals surface area (Å²) in [5, 5.41) is 17.0. The lowest BCUT2D eigenvalue weighted by Gasteiger charge is -2.11. The highest BCUT2D eigenvalue weighted by Crippen LogP contribution is 2.43. The number of rotatable bonds is 5. The molecule has 33 heavy (non-hydrogen) atoms. The van der Waals surface area contributed by atoms with Crippen molar-refractivity contribution in [3.63, 3.8) is 0 Å². The molecule has 0 spiro atoms. The van der Waals surface area contributed by atoms with Gasteiger partial charge in [0.2, 0.25) is 5.27 Å². The number of aromatic nitrogens is 3. The van der Waals surface area contributed by atoms with Crippen LogP contribution < -0.4 is 21.5 Å². The Morgan fingerprint density at radius 3 is 2.67 bits per heavy atom. The minimum atomic E-state index is -0.437. The third-order valence-electron chi connectivity index (χ3n) is 5.73. The first kappa shape index (κ1) is 20.9. The molecule has 1 aromatic carbocycles. The highest BCUT2D eigenvalue weighted by molar-refractivity contribution is 7.21. The number of fused-ring (bicyclic) bond motifs is 1. The number of anilines is 3. The average molecular weight is 461 g/mol. The molecule has 0 atom stereocenters. The molecule has 0 bridgehead atoms. The monoisotopic (exact) mass is 460 g/mol. The molecule has 5 rings (SSSR count). The largest absolute Gasteiger partial charge is 0.397 e. The highest BCUT2D eigenvalue weighted by atomic mass is 32.1. The number of nitriles is 1. The summed E-state index contributed by atoms with van der Waals surface area (Å²) in [4.78, 5) is 18.1. The minimum Gasteiger partial charge on any atom is -0.397 e. The number of pyridine rings is 1. The number of nitrogens with zero attached hydrogens (tertiary/aromatic N) is 4. The summed E-state index contributed by atoms with van der Waals surface area (Å²) >= 11 is 1.12. The Hall–Kier alpha value is -3.97. The summed E-state index contributed by atoms with van der Waals surface area (Å²) in [6.45, 7) is 4.22. The van der Waals surface area contributed by atoms with Gasteiger partial charge in [-0.25, -0.2) is 4.98 Å². The number of carbonyl (C=O) groups is 1. The second kappa shape index (κ2) is 7.86. The molecule has 1 saturated carbocycles. The van der Waals surface area contributed by atoms with E-state index in [0.717, 1.165) is 29.7 Å². The molecule has 0 radical (unpaired) electrons. The number of nitrogens with one attached hydrogen (secondary N) is 1. The van der Waals surface area contributed by atoms with Crippen LogP contribution in [0.4, 0.5) is 17.4 Å². The lowest BCUT2D eigenvalue weighted by Crippen LogP contribution is -2.32. The third kappa shape index (κ3) is 3.66. The maximum absolute atomic E-state index is 13.0. The van der Waals surface area contributed by atoms with Crippen LogP contribution in [0.5, 0.6) is 0 Å². The zero-order valence-electron chi connectivity index (χ0n) is 18.1. The fourth-order valence-electron chi connectivity index (χ4n) is 3.77. The average Bonchev–Trinajstić information content (AvgIpc) is 3.46. The molecule has 4 aromatic rings. The predicted molar refractivity (Wildman–Crippen MR) is 126 cm³/mol. The van der Waals surface area contributed by atoms with Crippen molar-refractivity contribution in [2.45, 2.75) is 38.6 Å². The van der Waals surface area contributed by atoms with Gasteiger partial charge in [-0.3, -0.25) is 14.6 Å². The molecule has 9 nitrogen and oxygen atoms in total. The summed E-state index contributed by atoms with van der Waals surface area (Å²) in [5.74, 6) is 0.265. The SMILES string of the molecule is CC(C)c1ccc(-c2c(C#N)c(N)nc3sc(C(=O)Nc4c[n+](C5CC5)no4)c(N)c23)cc1. The Morgan fingerprint density at radius 1 is 1.30 bits per heavy atom. The third-order valence-corrected chi connectivity index (χ3v) is 6.83. The number of benzene rings is 1. The molecular formula is C23H22N7O2S+. The van der Waals surface area contributed by atoms with Gasteiger partial charge in [-0.15, -0.1) is 11.3 Å². The van der Waals surface area contributed by atoms with Crippen LogP contribution in [-0.4, -0.2) is 16.2 Å². The molecule has 1 aliphatic rings. The number of nitrogen functional groups attached to an aromatic ring is 2. The molecule has 3 aromatic heterocycles. The van der Waals surface area contributed by atoms with Gasteiger partial charge in [0, 0.05) is 23.8 Å². The van der Waals surface area contributed by atoms with Crippen LogP contribution in [0.15, 0.2) is 35.0 Å². The van der Waals surface area contributed by atoms with Crippen molar-refractivity contribution in [3.8, 4) is 17.2 Å². The van der Waals surface area contributed by atoms with E-state index in [1.54, 1.807) is 10.9 Å². The molecule has 1 fully saturated rings. The number of nitrogens with two attached hydrogens (primary N) is 2. The van der Waals surface area contributed by atoms with E-state index in [-0.39, 0.29) is 27.8 Å².